The molecule has 1 atom stereocenters. The summed E-state index contributed by atoms with van der Waals surface area (Å²) in [5.41, 5.74) is -0.851. The van der Waals surface area contributed by atoms with Crippen LogP contribution in [0.15, 0.2) is 27.8 Å². The molecule has 1 aromatic rings. The molecule has 1 unspecified atom stereocenters. The lowest BCUT2D eigenvalue weighted by molar-refractivity contribution is -0.138. The van der Waals surface area contributed by atoms with E-state index in [4.69, 9.17) is 0 Å². The molecule has 1 aromatic heterocycles. The number of nitrogens with zero attached hydrogens (tertiary/aromatic N) is 3. The Morgan fingerprint density at radius 3 is 2.56 bits per heavy atom. The first-order valence-electron chi connectivity index (χ1n) is 12.3. The van der Waals surface area contributed by atoms with E-state index in [1.165, 1.54) is 12.6 Å². The number of aromatic nitrogens is 1. The lowest BCUT2D eigenvalue weighted by atomic mass is 9.78. The van der Waals surface area contributed by atoms with Gasteiger partial charge < -0.3 is 20.2 Å². The molecule has 2 aliphatic heterocycles. The van der Waals surface area contributed by atoms with E-state index in [0.717, 1.165) is 56.3 Å². The predicted octanol–water partition coefficient (Wildman–Crippen LogP) is 6.22. The second-order valence-corrected chi connectivity index (χ2v) is 12.3. The summed E-state index contributed by atoms with van der Waals surface area (Å²) in [5, 5.41) is 15.0. The second-order valence-electron chi connectivity index (χ2n) is 10.7. The standard InChI is InChI=1S/C14H24N2O2S.C11H12BrF3N2/c1-11-6-4-5-7-16(11)13(17)12-8-19-10-15(12)9-14(2,3)18;1-10(4-2-5-10)17-9-8(12)7(3-6-16-9)11(13,14)15/h8,11,18H,4-7,9-10H2,1-3H3;3,6H,2,4-5H2,1H3,(H,16,17). The summed E-state index contributed by atoms with van der Waals surface area (Å²) >= 11 is 4.61. The van der Waals surface area contributed by atoms with Gasteiger partial charge in [0, 0.05) is 36.3 Å². The number of likely N-dealkylation sites (tertiary alicyclic amines) is 1. The molecule has 1 amide bonds. The van der Waals surface area contributed by atoms with Gasteiger partial charge in [-0.25, -0.2) is 4.98 Å². The summed E-state index contributed by atoms with van der Waals surface area (Å²) in [7, 11) is 0. The SMILES string of the molecule is CC1(Nc2nccc(C(F)(F)F)c2Br)CCC1.CC1CCCCN1C(=O)C1=CSCN1CC(C)(C)O. The second kappa shape index (κ2) is 11.5. The minimum atomic E-state index is -4.36. The summed E-state index contributed by atoms with van der Waals surface area (Å²) in [5.74, 6) is 1.15. The number of hydrogen-bond donors (Lipinski definition) is 2. The molecule has 1 saturated heterocycles. The van der Waals surface area contributed by atoms with Crippen molar-refractivity contribution in [2.75, 3.05) is 24.3 Å². The van der Waals surface area contributed by atoms with Crippen molar-refractivity contribution in [1.82, 2.24) is 14.8 Å². The van der Waals surface area contributed by atoms with Gasteiger partial charge in [-0.15, -0.1) is 11.8 Å². The minimum absolute atomic E-state index is 0.0133. The fraction of sp³-hybridized carbons (Fsp3) is 0.680. The van der Waals surface area contributed by atoms with E-state index in [1.807, 2.05) is 22.1 Å². The number of nitrogens with one attached hydrogen (secondary N) is 1. The molecule has 11 heteroatoms. The van der Waals surface area contributed by atoms with Gasteiger partial charge in [0.2, 0.25) is 0 Å². The van der Waals surface area contributed by atoms with Gasteiger partial charge >= 0.3 is 6.18 Å². The van der Waals surface area contributed by atoms with E-state index < -0.39 is 17.3 Å². The molecule has 1 saturated carbocycles. The number of piperidine rings is 1. The average molecular weight is 594 g/mol. The van der Waals surface area contributed by atoms with Crippen LogP contribution < -0.4 is 5.32 Å². The molecule has 2 N–H and O–H groups in total. The van der Waals surface area contributed by atoms with Crippen molar-refractivity contribution in [1.29, 1.82) is 0 Å². The molecule has 0 bridgehead atoms. The van der Waals surface area contributed by atoms with Crippen molar-refractivity contribution in [3.05, 3.63) is 33.4 Å². The van der Waals surface area contributed by atoms with Crippen LogP contribution in [-0.4, -0.2) is 61.9 Å². The van der Waals surface area contributed by atoms with Gasteiger partial charge in [0.05, 0.1) is 21.5 Å². The number of aliphatic hydroxyl groups is 1. The largest absolute Gasteiger partial charge is 0.417 e. The number of alkyl halides is 3. The number of amides is 1. The molecule has 0 spiro atoms. The summed E-state index contributed by atoms with van der Waals surface area (Å²) in [6.45, 7) is 9.03. The Kier molecular flexibility index (Phi) is 9.31. The van der Waals surface area contributed by atoms with Crippen molar-refractivity contribution >= 4 is 39.4 Å². The number of β-amino-alcohol motifs (C(OH)–C–C–N with tert-alkyl or cyclic N) is 1. The summed E-state index contributed by atoms with van der Waals surface area (Å²) in [4.78, 5) is 20.6. The third-order valence-corrected chi connectivity index (χ3v) is 8.35. The first-order valence-corrected chi connectivity index (χ1v) is 14.1. The van der Waals surface area contributed by atoms with E-state index in [1.54, 1.807) is 25.6 Å². The monoisotopic (exact) mass is 592 g/mol. The Hall–Kier alpha value is -1.46. The average Bonchev–Trinajstić information content (AvgIpc) is 3.20. The Morgan fingerprint density at radius 2 is 2.00 bits per heavy atom. The highest BCUT2D eigenvalue weighted by atomic mass is 79.9. The molecule has 0 radical (unpaired) electrons. The van der Waals surface area contributed by atoms with Crippen molar-refractivity contribution in [3.63, 3.8) is 0 Å². The number of anilines is 1. The number of carbonyl (C=O) groups excluding carboxylic acids is 1. The van der Waals surface area contributed by atoms with E-state index in [-0.39, 0.29) is 21.7 Å². The Morgan fingerprint density at radius 1 is 1.31 bits per heavy atom. The molecular weight excluding hydrogens is 557 g/mol. The number of thioether (sulfide) groups is 1. The fourth-order valence-electron chi connectivity index (χ4n) is 4.55. The highest BCUT2D eigenvalue weighted by Gasteiger charge is 2.37. The minimum Gasteiger partial charge on any atom is -0.389 e. The molecule has 0 aromatic carbocycles. The number of carbonyl (C=O) groups is 1. The molecule has 1 aliphatic carbocycles. The summed E-state index contributed by atoms with van der Waals surface area (Å²) in [6, 6.07) is 1.30. The molecule has 4 rings (SSSR count). The Balaban J connectivity index is 0.000000202. The van der Waals surface area contributed by atoms with E-state index in [0.29, 0.717) is 12.6 Å². The van der Waals surface area contributed by atoms with E-state index >= 15 is 0 Å². The Bertz CT molecular complexity index is 964. The van der Waals surface area contributed by atoms with Crippen LogP contribution in [-0.2, 0) is 11.0 Å². The highest BCUT2D eigenvalue weighted by molar-refractivity contribution is 9.10. The smallest absolute Gasteiger partial charge is 0.389 e. The van der Waals surface area contributed by atoms with Crippen LogP contribution in [0.5, 0.6) is 0 Å². The number of halogens is 4. The van der Waals surface area contributed by atoms with Crippen molar-refractivity contribution in [3.8, 4) is 0 Å². The van der Waals surface area contributed by atoms with Gasteiger partial charge in [-0.1, -0.05) is 0 Å². The molecule has 202 valence electrons. The maximum atomic E-state index is 12.7. The van der Waals surface area contributed by atoms with Crippen molar-refractivity contribution in [2.45, 2.75) is 89.6 Å². The molecular formula is C25H36BrF3N4O2S. The maximum Gasteiger partial charge on any atom is 0.417 e. The Labute approximate surface area is 224 Å². The van der Waals surface area contributed by atoms with Crippen LogP contribution in [0, 0.1) is 0 Å². The zero-order valence-electron chi connectivity index (χ0n) is 21.3. The van der Waals surface area contributed by atoms with Crippen LogP contribution in [0.2, 0.25) is 0 Å². The van der Waals surface area contributed by atoms with Gasteiger partial charge in [-0.3, -0.25) is 4.79 Å². The molecule has 3 heterocycles. The zero-order chi connectivity index (χ0) is 26.7. The zero-order valence-corrected chi connectivity index (χ0v) is 23.7. The van der Waals surface area contributed by atoms with Crippen molar-refractivity contribution < 1.29 is 23.1 Å². The van der Waals surface area contributed by atoms with E-state index in [2.05, 4.69) is 33.2 Å². The van der Waals surface area contributed by atoms with Crippen LogP contribution >= 0.6 is 27.7 Å². The fourth-order valence-corrected chi connectivity index (χ4v) is 6.00. The lowest BCUT2D eigenvalue weighted by Gasteiger charge is -2.40. The van der Waals surface area contributed by atoms with Gasteiger partial charge in [0.25, 0.3) is 5.91 Å². The number of rotatable bonds is 5. The predicted molar refractivity (Wildman–Crippen MR) is 141 cm³/mol. The normalized spacial score (nSPS) is 21.8. The molecule has 3 aliphatic rings. The third kappa shape index (κ3) is 7.54. The quantitative estimate of drug-likeness (QED) is 0.423. The van der Waals surface area contributed by atoms with Gasteiger partial charge in [-0.2, -0.15) is 13.2 Å². The van der Waals surface area contributed by atoms with Crippen LogP contribution in [0.4, 0.5) is 19.0 Å². The number of pyridine rings is 1. The van der Waals surface area contributed by atoms with Crippen LogP contribution in [0.3, 0.4) is 0 Å². The third-order valence-electron chi connectivity index (χ3n) is 6.70. The van der Waals surface area contributed by atoms with Gasteiger partial charge in [0.15, 0.2) is 0 Å². The maximum absolute atomic E-state index is 12.7. The highest BCUT2D eigenvalue weighted by Crippen LogP contribution is 2.40. The first kappa shape index (κ1) is 29.1. The molecule has 2 fully saturated rings. The van der Waals surface area contributed by atoms with Gasteiger partial charge in [-0.05, 0) is 88.2 Å². The summed E-state index contributed by atoms with van der Waals surface area (Å²) in [6.07, 6.45) is 3.23. The lowest BCUT2D eigenvalue weighted by Crippen LogP contribution is -2.46. The van der Waals surface area contributed by atoms with Gasteiger partial charge in [0.1, 0.15) is 11.5 Å². The van der Waals surface area contributed by atoms with Crippen molar-refractivity contribution in [2.24, 2.45) is 0 Å². The van der Waals surface area contributed by atoms with Crippen LogP contribution in [0.25, 0.3) is 0 Å². The first-order chi connectivity index (χ1) is 16.7. The summed E-state index contributed by atoms with van der Waals surface area (Å²) < 4.78 is 38.0. The number of hydrogen-bond acceptors (Lipinski definition) is 6. The topological polar surface area (TPSA) is 68.7 Å². The molecule has 6 nitrogen and oxygen atoms in total. The molecule has 36 heavy (non-hydrogen) atoms. The van der Waals surface area contributed by atoms with Crippen LogP contribution in [0.1, 0.15) is 71.8 Å². The van der Waals surface area contributed by atoms with E-state index in [9.17, 15) is 23.1 Å².